The Balaban J connectivity index is 2.27. The van der Waals surface area contributed by atoms with E-state index in [4.69, 9.17) is 9.47 Å². The molecule has 0 heterocycles. The van der Waals surface area contributed by atoms with Crippen LogP contribution in [0.25, 0.3) is 6.08 Å². The number of benzene rings is 2. The first-order chi connectivity index (χ1) is 13.3. The van der Waals surface area contributed by atoms with Gasteiger partial charge < -0.3 is 14.8 Å². The highest BCUT2D eigenvalue weighted by Gasteiger charge is 2.30. The summed E-state index contributed by atoms with van der Waals surface area (Å²) in [6.07, 6.45) is -3.22. The molecule has 0 aliphatic heterocycles. The van der Waals surface area contributed by atoms with Crippen molar-refractivity contribution in [2.75, 3.05) is 19.0 Å². The molecule has 0 atom stereocenters. The zero-order chi connectivity index (χ0) is 20.7. The summed E-state index contributed by atoms with van der Waals surface area (Å²) >= 11 is 0. The number of methoxy groups -OCH3 is 1. The Hall–Kier alpha value is -3.47. The van der Waals surface area contributed by atoms with E-state index in [-0.39, 0.29) is 11.3 Å². The van der Waals surface area contributed by atoms with Crippen molar-refractivity contribution in [3.8, 4) is 17.6 Å². The largest absolute Gasteiger partial charge is 0.493 e. The van der Waals surface area contributed by atoms with E-state index in [0.717, 1.165) is 12.1 Å². The van der Waals surface area contributed by atoms with Crippen molar-refractivity contribution in [3.63, 3.8) is 0 Å². The van der Waals surface area contributed by atoms with Crippen molar-refractivity contribution in [3.05, 3.63) is 59.2 Å². The molecule has 0 saturated carbocycles. The lowest BCUT2D eigenvalue weighted by Gasteiger charge is -2.10. The van der Waals surface area contributed by atoms with Crippen LogP contribution in [0.3, 0.4) is 0 Å². The average Bonchev–Trinajstić information content (AvgIpc) is 2.66. The number of carbonyl (C=O) groups is 1. The smallest absolute Gasteiger partial charge is 0.416 e. The van der Waals surface area contributed by atoms with Crippen molar-refractivity contribution in [2.45, 2.75) is 13.1 Å². The lowest BCUT2D eigenvalue weighted by atomic mass is 10.1. The SMILES string of the molecule is CCOc1cc(/C=C(\C#N)C(=O)Nc2cccc(C(F)(F)F)c2)ccc1OC. The van der Waals surface area contributed by atoms with Crippen molar-refractivity contribution >= 4 is 17.7 Å². The summed E-state index contributed by atoms with van der Waals surface area (Å²) in [6, 6.07) is 10.8. The van der Waals surface area contributed by atoms with Crippen molar-refractivity contribution < 1.29 is 27.4 Å². The fourth-order valence-electron chi connectivity index (χ4n) is 2.34. The van der Waals surface area contributed by atoms with Gasteiger partial charge in [-0.3, -0.25) is 4.79 Å². The van der Waals surface area contributed by atoms with E-state index in [0.29, 0.717) is 23.7 Å². The number of nitrogens with zero attached hydrogens (tertiary/aromatic N) is 1. The third kappa shape index (κ3) is 5.27. The maximum absolute atomic E-state index is 12.8. The summed E-state index contributed by atoms with van der Waals surface area (Å²) in [7, 11) is 1.48. The molecule has 0 fully saturated rings. The second kappa shape index (κ2) is 8.95. The highest BCUT2D eigenvalue weighted by atomic mass is 19.4. The van der Waals surface area contributed by atoms with Crippen molar-refractivity contribution in [2.24, 2.45) is 0 Å². The Labute approximate surface area is 160 Å². The second-order valence-corrected chi connectivity index (χ2v) is 5.55. The van der Waals surface area contributed by atoms with Crippen molar-refractivity contribution in [1.29, 1.82) is 5.26 Å². The topological polar surface area (TPSA) is 71.3 Å². The molecule has 0 saturated heterocycles. The number of anilines is 1. The minimum atomic E-state index is -4.53. The summed E-state index contributed by atoms with van der Waals surface area (Å²) in [5, 5.41) is 11.6. The van der Waals surface area contributed by atoms with Gasteiger partial charge in [0, 0.05) is 5.69 Å². The Kier molecular flexibility index (Phi) is 6.66. The number of nitrogens with one attached hydrogen (secondary N) is 1. The van der Waals surface area contributed by atoms with Crippen LogP contribution in [-0.2, 0) is 11.0 Å². The monoisotopic (exact) mass is 390 g/mol. The first-order valence-electron chi connectivity index (χ1n) is 8.19. The average molecular weight is 390 g/mol. The van der Waals surface area contributed by atoms with E-state index >= 15 is 0 Å². The molecule has 2 rings (SSSR count). The fraction of sp³-hybridized carbons (Fsp3) is 0.200. The molecule has 146 valence electrons. The number of nitriles is 1. The molecule has 0 radical (unpaired) electrons. The first-order valence-corrected chi connectivity index (χ1v) is 8.19. The highest BCUT2D eigenvalue weighted by Crippen LogP contribution is 2.31. The van der Waals surface area contributed by atoms with Gasteiger partial charge in [0.05, 0.1) is 19.3 Å². The zero-order valence-corrected chi connectivity index (χ0v) is 15.1. The Morgan fingerprint density at radius 2 is 1.96 bits per heavy atom. The van der Waals surface area contributed by atoms with E-state index in [1.807, 2.05) is 0 Å². The van der Waals surface area contributed by atoms with Crippen LogP contribution in [0, 0.1) is 11.3 Å². The third-order valence-corrected chi connectivity index (χ3v) is 3.61. The fourth-order valence-corrected chi connectivity index (χ4v) is 2.34. The van der Waals surface area contributed by atoms with Crippen LogP contribution in [0.15, 0.2) is 48.0 Å². The quantitative estimate of drug-likeness (QED) is 0.575. The van der Waals surface area contributed by atoms with Crippen molar-refractivity contribution in [1.82, 2.24) is 0 Å². The molecule has 0 spiro atoms. The maximum atomic E-state index is 12.8. The van der Waals surface area contributed by atoms with E-state index in [9.17, 15) is 23.2 Å². The van der Waals surface area contributed by atoms with Gasteiger partial charge in [0.2, 0.25) is 0 Å². The number of hydrogen-bond acceptors (Lipinski definition) is 4. The van der Waals surface area contributed by atoms with Gasteiger partial charge in [-0.25, -0.2) is 0 Å². The van der Waals surface area contributed by atoms with Gasteiger partial charge >= 0.3 is 6.18 Å². The minimum Gasteiger partial charge on any atom is -0.493 e. The molecule has 1 amide bonds. The minimum absolute atomic E-state index is 0.0642. The van der Waals surface area contributed by atoms with Crippen LogP contribution >= 0.6 is 0 Å². The zero-order valence-electron chi connectivity index (χ0n) is 15.1. The summed E-state index contributed by atoms with van der Waals surface area (Å²) < 4.78 is 49.0. The molecule has 0 aliphatic rings. The summed E-state index contributed by atoms with van der Waals surface area (Å²) in [5.41, 5.74) is -0.736. The number of hydrogen-bond donors (Lipinski definition) is 1. The summed E-state index contributed by atoms with van der Waals surface area (Å²) in [5.74, 6) is 0.107. The normalized spacial score (nSPS) is 11.5. The molecule has 0 bridgehead atoms. The van der Waals surface area contributed by atoms with Crippen LogP contribution in [0.4, 0.5) is 18.9 Å². The number of amides is 1. The molecule has 1 N–H and O–H groups in total. The maximum Gasteiger partial charge on any atom is 0.416 e. The first kappa shape index (κ1) is 20.8. The predicted octanol–water partition coefficient (Wildman–Crippen LogP) is 4.66. The van der Waals surface area contributed by atoms with Gasteiger partial charge in [0.1, 0.15) is 11.6 Å². The van der Waals surface area contributed by atoms with E-state index in [1.165, 1.54) is 25.3 Å². The number of carbonyl (C=O) groups excluding carboxylic acids is 1. The lowest BCUT2D eigenvalue weighted by Crippen LogP contribution is -2.14. The summed E-state index contributed by atoms with van der Waals surface area (Å²) in [6.45, 7) is 2.19. The molecule has 0 aliphatic carbocycles. The van der Waals surface area contributed by atoms with Crippen LogP contribution in [0.5, 0.6) is 11.5 Å². The van der Waals surface area contributed by atoms with E-state index < -0.39 is 17.6 Å². The number of rotatable bonds is 6. The highest BCUT2D eigenvalue weighted by molar-refractivity contribution is 6.09. The molecule has 5 nitrogen and oxygen atoms in total. The van der Waals surface area contributed by atoms with Gasteiger partial charge in [-0.15, -0.1) is 0 Å². The Bertz CT molecular complexity index is 931. The predicted molar refractivity (Wildman–Crippen MR) is 97.8 cm³/mol. The molecule has 2 aromatic rings. The van der Waals surface area contributed by atoms with E-state index in [2.05, 4.69) is 5.32 Å². The lowest BCUT2D eigenvalue weighted by molar-refractivity contribution is -0.137. The standard InChI is InChI=1S/C20H17F3N2O3/c1-3-28-18-10-13(7-8-17(18)27-2)9-14(12-24)19(26)25-16-6-4-5-15(11-16)20(21,22)23/h4-11H,3H2,1-2H3,(H,25,26)/b14-9+. The molecule has 0 aromatic heterocycles. The van der Waals surface area contributed by atoms with Gasteiger partial charge in [-0.2, -0.15) is 18.4 Å². The molecular formula is C20H17F3N2O3. The molecule has 28 heavy (non-hydrogen) atoms. The van der Waals surface area contributed by atoms with Gasteiger partial charge in [0.15, 0.2) is 11.5 Å². The summed E-state index contributed by atoms with van der Waals surface area (Å²) in [4.78, 5) is 12.3. The van der Waals surface area contributed by atoms with Crippen LogP contribution in [0.1, 0.15) is 18.1 Å². The molecular weight excluding hydrogens is 373 g/mol. The van der Waals surface area contributed by atoms with Crippen LogP contribution in [-0.4, -0.2) is 19.6 Å². The number of halogens is 3. The Morgan fingerprint density at radius 3 is 2.57 bits per heavy atom. The molecule has 0 unspecified atom stereocenters. The van der Waals surface area contributed by atoms with Gasteiger partial charge in [0.25, 0.3) is 5.91 Å². The molecule has 8 heteroatoms. The van der Waals surface area contributed by atoms with Crippen LogP contribution in [0.2, 0.25) is 0 Å². The van der Waals surface area contributed by atoms with E-state index in [1.54, 1.807) is 31.2 Å². The number of ether oxygens (including phenoxy) is 2. The van der Waals surface area contributed by atoms with Gasteiger partial charge in [-0.05, 0) is 48.9 Å². The van der Waals surface area contributed by atoms with Gasteiger partial charge in [-0.1, -0.05) is 12.1 Å². The van der Waals surface area contributed by atoms with Crippen LogP contribution < -0.4 is 14.8 Å². The molecule has 2 aromatic carbocycles. The Morgan fingerprint density at radius 1 is 1.21 bits per heavy atom. The number of alkyl halides is 3. The second-order valence-electron chi connectivity index (χ2n) is 5.55. The third-order valence-electron chi connectivity index (χ3n) is 3.61.